The van der Waals surface area contributed by atoms with Crippen molar-refractivity contribution in [2.24, 2.45) is 0 Å². The van der Waals surface area contributed by atoms with Crippen molar-refractivity contribution in [3.05, 3.63) is 59.2 Å². The minimum atomic E-state index is -0.0962. The number of carbonyl (C=O) groups is 1. The van der Waals surface area contributed by atoms with Crippen molar-refractivity contribution >= 4 is 5.91 Å². The second-order valence-electron chi connectivity index (χ2n) is 6.92. The summed E-state index contributed by atoms with van der Waals surface area (Å²) >= 11 is 0. The van der Waals surface area contributed by atoms with Crippen LogP contribution in [0.4, 0.5) is 0 Å². The first-order valence-corrected chi connectivity index (χ1v) is 9.06. The van der Waals surface area contributed by atoms with Crippen molar-refractivity contribution in [2.45, 2.75) is 38.5 Å². The van der Waals surface area contributed by atoms with Gasteiger partial charge in [0.05, 0.1) is 0 Å². The molecule has 26 heavy (non-hydrogen) atoms. The highest BCUT2D eigenvalue weighted by atomic mass is 16.5. The molecule has 6 heteroatoms. The number of nitrogens with one attached hydrogen (secondary N) is 1. The number of benzene rings is 1. The summed E-state index contributed by atoms with van der Waals surface area (Å²) < 4.78 is 5.70. The summed E-state index contributed by atoms with van der Waals surface area (Å²) in [6, 6.07) is 7.68. The molecule has 0 bridgehead atoms. The van der Waals surface area contributed by atoms with Gasteiger partial charge in [-0.15, -0.1) is 0 Å². The molecule has 0 unspecified atom stereocenters. The lowest BCUT2D eigenvalue weighted by Crippen LogP contribution is -2.23. The van der Waals surface area contributed by atoms with Crippen LogP contribution < -0.4 is 5.32 Å². The number of ether oxygens (including phenoxy) is 1. The molecule has 2 aromatic rings. The van der Waals surface area contributed by atoms with E-state index in [0.717, 1.165) is 43.8 Å². The first-order chi connectivity index (χ1) is 12.6. The summed E-state index contributed by atoms with van der Waals surface area (Å²) in [5, 5.41) is 2.91. The zero-order valence-electron chi connectivity index (χ0n) is 15.4. The lowest BCUT2D eigenvalue weighted by atomic mass is 10.1. The van der Waals surface area contributed by atoms with E-state index >= 15 is 0 Å². The first-order valence-electron chi connectivity index (χ1n) is 9.06. The summed E-state index contributed by atoms with van der Waals surface area (Å²) in [6.45, 7) is 2.04. The molecule has 0 spiro atoms. The SMILES string of the molecule is CN(C)Cc1ccc(C(=O)NCc2cnc([C@@H]3CCCCO3)nc2)cc1. The fraction of sp³-hybridized carbons (Fsp3) is 0.450. The maximum atomic E-state index is 12.3. The minimum Gasteiger partial charge on any atom is -0.370 e. The second-order valence-corrected chi connectivity index (χ2v) is 6.92. The van der Waals surface area contributed by atoms with Crippen molar-refractivity contribution in [3.63, 3.8) is 0 Å². The molecule has 1 aliphatic rings. The number of hydrogen-bond donors (Lipinski definition) is 1. The van der Waals surface area contributed by atoms with E-state index in [9.17, 15) is 4.79 Å². The normalized spacial score (nSPS) is 17.3. The Hall–Kier alpha value is -2.31. The van der Waals surface area contributed by atoms with Gasteiger partial charge < -0.3 is 15.0 Å². The highest BCUT2D eigenvalue weighted by Gasteiger charge is 2.18. The van der Waals surface area contributed by atoms with Crippen molar-refractivity contribution in [1.29, 1.82) is 0 Å². The van der Waals surface area contributed by atoms with Gasteiger partial charge in [-0.2, -0.15) is 0 Å². The fourth-order valence-corrected chi connectivity index (χ4v) is 2.98. The molecule has 1 aliphatic heterocycles. The molecule has 1 N–H and O–H groups in total. The smallest absolute Gasteiger partial charge is 0.251 e. The van der Waals surface area contributed by atoms with Gasteiger partial charge in [0.1, 0.15) is 6.10 Å². The van der Waals surface area contributed by atoms with Gasteiger partial charge in [0.25, 0.3) is 5.91 Å². The van der Waals surface area contributed by atoms with Gasteiger partial charge >= 0.3 is 0 Å². The van der Waals surface area contributed by atoms with Crippen LogP contribution in [0.15, 0.2) is 36.7 Å². The van der Waals surface area contributed by atoms with Crippen molar-refractivity contribution in [1.82, 2.24) is 20.2 Å². The Morgan fingerprint density at radius 2 is 1.88 bits per heavy atom. The average molecular weight is 354 g/mol. The van der Waals surface area contributed by atoms with Crippen LogP contribution in [0.2, 0.25) is 0 Å². The first kappa shape index (κ1) is 18.5. The number of aromatic nitrogens is 2. The molecular weight excluding hydrogens is 328 g/mol. The van der Waals surface area contributed by atoms with E-state index in [0.29, 0.717) is 12.1 Å². The molecule has 1 amide bonds. The van der Waals surface area contributed by atoms with E-state index in [-0.39, 0.29) is 12.0 Å². The van der Waals surface area contributed by atoms with Gasteiger partial charge in [-0.05, 0) is 51.1 Å². The summed E-state index contributed by atoms with van der Waals surface area (Å²) in [4.78, 5) is 23.2. The second kappa shape index (κ2) is 8.87. The maximum absolute atomic E-state index is 12.3. The Bertz CT molecular complexity index is 708. The fourth-order valence-electron chi connectivity index (χ4n) is 2.98. The molecule has 2 heterocycles. The monoisotopic (exact) mass is 354 g/mol. The van der Waals surface area contributed by atoms with Gasteiger partial charge in [0.2, 0.25) is 0 Å². The zero-order valence-corrected chi connectivity index (χ0v) is 15.4. The molecule has 1 saturated heterocycles. The Balaban J connectivity index is 1.52. The molecule has 3 rings (SSSR count). The number of carbonyl (C=O) groups excluding carboxylic acids is 1. The molecule has 1 atom stereocenters. The summed E-state index contributed by atoms with van der Waals surface area (Å²) in [7, 11) is 4.04. The minimum absolute atomic E-state index is 0.00747. The third-order valence-electron chi connectivity index (χ3n) is 4.36. The van der Waals surface area contributed by atoms with Crippen LogP contribution in [0.1, 0.15) is 52.7 Å². The van der Waals surface area contributed by atoms with E-state index in [1.807, 2.05) is 38.4 Å². The van der Waals surface area contributed by atoms with E-state index in [4.69, 9.17) is 4.74 Å². The summed E-state index contributed by atoms with van der Waals surface area (Å²) in [5.74, 6) is 0.636. The molecule has 0 aliphatic carbocycles. The van der Waals surface area contributed by atoms with Gasteiger partial charge in [-0.3, -0.25) is 4.79 Å². The quantitative estimate of drug-likeness (QED) is 0.864. The van der Waals surface area contributed by atoms with Crippen molar-refractivity contribution in [2.75, 3.05) is 20.7 Å². The molecule has 0 saturated carbocycles. The van der Waals surface area contributed by atoms with E-state index in [2.05, 4.69) is 20.2 Å². The Kier molecular flexibility index (Phi) is 6.30. The maximum Gasteiger partial charge on any atom is 0.251 e. The number of amides is 1. The standard InChI is InChI=1S/C20H26N4O2/c1-24(2)14-15-6-8-17(9-7-15)20(25)23-13-16-11-21-19(22-12-16)18-5-3-4-10-26-18/h6-9,11-12,18H,3-5,10,13-14H2,1-2H3,(H,23,25)/t18-/m0/s1. The molecule has 1 aromatic carbocycles. The zero-order chi connectivity index (χ0) is 18.4. The number of hydrogen-bond acceptors (Lipinski definition) is 5. The number of rotatable bonds is 6. The van der Waals surface area contributed by atoms with E-state index in [1.165, 1.54) is 5.56 Å². The Morgan fingerprint density at radius 3 is 2.50 bits per heavy atom. The highest BCUT2D eigenvalue weighted by Crippen LogP contribution is 2.24. The van der Waals surface area contributed by atoms with Gasteiger partial charge in [0.15, 0.2) is 5.82 Å². The highest BCUT2D eigenvalue weighted by molar-refractivity contribution is 5.94. The molecule has 1 aromatic heterocycles. The third kappa shape index (κ3) is 5.09. The van der Waals surface area contributed by atoms with E-state index < -0.39 is 0 Å². The largest absolute Gasteiger partial charge is 0.370 e. The van der Waals surface area contributed by atoms with Crippen LogP contribution in [-0.2, 0) is 17.8 Å². The molecule has 138 valence electrons. The topological polar surface area (TPSA) is 67.4 Å². The van der Waals surface area contributed by atoms with Crippen LogP contribution >= 0.6 is 0 Å². The van der Waals surface area contributed by atoms with Crippen LogP contribution in [0.25, 0.3) is 0 Å². The lowest BCUT2D eigenvalue weighted by molar-refractivity contribution is 0.00940. The van der Waals surface area contributed by atoms with Gasteiger partial charge in [-0.25, -0.2) is 9.97 Å². The summed E-state index contributed by atoms with van der Waals surface area (Å²) in [5.41, 5.74) is 2.71. The van der Waals surface area contributed by atoms with Crippen LogP contribution in [0, 0.1) is 0 Å². The molecule has 1 fully saturated rings. The molecule has 6 nitrogen and oxygen atoms in total. The lowest BCUT2D eigenvalue weighted by Gasteiger charge is -2.21. The van der Waals surface area contributed by atoms with Crippen LogP contribution in [0.3, 0.4) is 0 Å². The Morgan fingerprint density at radius 1 is 1.15 bits per heavy atom. The Labute approximate surface area is 154 Å². The predicted molar refractivity (Wildman–Crippen MR) is 99.6 cm³/mol. The van der Waals surface area contributed by atoms with Crippen molar-refractivity contribution in [3.8, 4) is 0 Å². The number of nitrogens with zero attached hydrogens (tertiary/aromatic N) is 3. The average Bonchev–Trinajstić information content (AvgIpc) is 2.67. The van der Waals surface area contributed by atoms with Gasteiger partial charge in [0, 0.05) is 43.2 Å². The van der Waals surface area contributed by atoms with E-state index in [1.54, 1.807) is 12.4 Å². The van der Waals surface area contributed by atoms with Gasteiger partial charge in [-0.1, -0.05) is 12.1 Å². The predicted octanol–water partition coefficient (Wildman–Crippen LogP) is 2.71. The third-order valence-corrected chi connectivity index (χ3v) is 4.36. The van der Waals surface area contributed by atoms with Crippen LogP contribution in [0.5, 0.6) is 0 Å². The molecule has 0 radical (unpaired) electrons. The van der Waals surface area contributed by atoms with Crippen LogP contribution in [-0.4, -0.2) is 41.5 Å². The summed E-state index contributed by atoms with van der Waals surface area (Å²) in [6.07, 6.45) is 6.77. The van der Waals surface area contributed by atoms with Crippen molar-refractivity contribution < 1.29 is 9.53 Å². The molecular formula is C20H26N4O2.